The van der Waals surface area contributed by atoms with Gasteiger partial charge in [0.1, 0.15) is 12.3 Å². The van der Waals surface area contributed by atoms with Gasteiger partial charge in [-0.05, 0) is 61.7 Å². The number of carbonyl (C=O) groups is 3. The number of aliphatic carboxylic acids is 1. The number of nitrogens with zero attached hydrogens (tertiary/aromatic N) is 1. The Morgan fingerprint density at radius 1 is 1.15 bits per heavy atom. The van der Waals surface area contributed by atoms with E-state index in [0.29, 0.717) is 40.6 Å². The molecule has 2 amide bonds. The van der Waals surface area contributed by atoms with Crippen LogP contribution in [0, 0.1) is 5.41 Å². The van der Waals surface area contributed by atoms with E-state index in [1.807, 2.05) is 0 Å². The molecule has 2 aromatic carbocycles. The molecule has 174 valence electrons. The van der Waals surface area contributed by atoms with Crippen molar-refractivity contribution in [2.75, 3.05) is 23.7 Å². The fourth-order valence-corrected chi connectivity index (χ4v) is 3.96. The number of nitrogens with two attached hydrogens (primary N) is 1. The quantitative estimate of drug-likeness (QED) is 0.227. The summed E-state index contributed by atoms with van der Waals surface area (Å²) in [5.41, 5.74) is 7.42. The molecule has 0 spiro atoms. The van der Waals surface area contributed by atoms with Crippen LogP contribution in [0.25, 0.3) is 0 Å². The Bertz CT molecular complexity index is 1060. The number of likely N-dealkylation sites (tertiary alicyclic amines) is 1. The van der Waals surface area contributed by atoms with Crippen molar-refractivity contribution in [1.29, 1.82) is 5.41 Å². The lowest BCUT2D eigenvalue weighted by atomic mass is 10.0. The molecule has 1 aliphatic rings. The average molecular weight is 472 g/mol. The minimum atomic E-state index is -1.15. The number of piperidine rings is 1. The van der Waals surface area contributed by atoms with Crippen molar-refractivity contribution in [3.63, 3.8) is 0 Å². The van der Waals surface area contributed by atoms with Crippen LogP contribution in [-0.4, -0.2) is 52.8 Å². The molecule has 1 atom stereocenters. The lowest BCUT2D eigenvalue weighted by Gasteiger charge is -2.36. The zero-order chi connectivity index (χ0) is 24.0. The van der Waals surface area contributed by atoms with E-state index < -0.39 is 18.3 Å². The predicted molar refractivity (Wildman–Crippen MR) is 127 cm³/mol. The van der Waals surface area contributed by atoms with Gasteiger partial charge in [0.25, 0.3) is 5.91 Å². The van der Waals surface area contributed by atoms with E-state index in [0.717, 1.165) is 19.3 Å². The topological polar surface area (TPSA) is 149 Å². The van der Waals surface area contributed by atoms with Gasteiger partial charge in [0, 0.05) is 41.1 Å². The van der Waals surface area contributed by atoms with Crippen molar-refractivity contribution in [1.82, 2.24) is 4.90 Å². The van der Waals surface area contributed by atoms with Gasteiger partial charge >= 0.3 is 5.97 Å². The van der Waals surface area contributed by atoms with E-state index in [1.54, 1.807) is 47.4 Å². The SMILES string of the molecule is N=C(N)c1ccc(NC(=O)c2cc(Cl)ccc2NCC2CCCCN2C(=O)CC(=O)O)cc1. The van der Waals surface area contributed by atoms with Crippen molar-refractivity contribution < 1.29 is 19.5 Å². The summed E-state index contributed by atoms with van der Waals surface area (Å²) in [5, 5.41) is 22.8. The molecule has 2 aromatic rings. The molecule has 1 saturated heterocycles. The van der Waals surface area contributed by atoms with E-state index in [9.17, 15) is 14.4 Å². The maximum Gasteiger partial charge on any atom is 0.312 e. The number of halogens is 1. The van der Waals surface area contributed by atoms with Gasteiger partial charge in [-0.1, -0.05) is 11.6 Å². The standard InChI is InChI=1S/C23H26ClN5O4/c24-15-6-9-19(27-13-17-3-1-2-10-29(17)20(30)12-21(31)32)18(11-15)23(33)28-16-7-4-14(5-8-16)22(25)26/h4-9,11,17,27H,1-3,10,12-13H2,(H3,25,26)(H,28,33)(H,31,32). The zero-order valence-corrected chi connectivity index (χ0v) is 18.7. The number of hydrogen-bond donors (Lipinski definition) is 5. The third-order valence-electron chi connectivity index (χ3n) is 5.46. The van der Waals surface area contributed by atoms with Gasteiger partial charge < -0.3 is 26.4 Å². The fourth-order valence-electron chi connectivity index (χ4n) is 3.79. The van der Waals surface area contributed by atoms with Crippen molar-refractivity contribution in [2.45, 2.75) is 31.7 Å². The lowest BCUT2D eigenvalue weighted by Crippen LogP contribution is -2.47. The van der Waals surface area contributed by atoms with E-state index in [2.05, 4.69) is 10.6 Å². The highest BCUT2D eigenvalue weighted by atomic mass is 35.5. The number of nitrogens with one attached hydrogen (secondary N) is 3. The highest BCUT2D eigenvalue weighted by Crippen LogP contribution is 2.24. The van der Waals surface area contributed by atoms with Crippen LogP contribution in [0.4, 0.5) is 11.4 Å². The summed E-state index contributed by atoms with van der Waals surface area (Å²) in [4.78, 5) is 37.8. The van der Waals surface area contributed by atoms with Crippen LogP contribution in [0.5, 0.6) is 0 Å². The van der Waals surface area contributed by atoms with Crippen LogP contribution in [0.3, 0.4) is 0 Å². The molecule has 1 aliphatic heterocycles. The van der Waals surface area contributed by atoms with Crippen LogP contribution in [0.2, 0.25) is 5.02 Å². The molecular formula is C23H26ClN5O4. The lowest BCUT2D eigenvalue weighted by molar-refractivity contribution is -0.145. The van der Waals surface area contributed by atoms with Gasteiger partial charge in [0.05, 0.1) is 5.56 Å². The number of benzene rings is 2. The first-order chi connectivity index (χ1) is 15.7. The molecule has 6 N–H and O–H groups in total. The molecule has 33 heavy (non-hydrogen) atoms. The van der Waals surface area contributed by atoms with E-state index in [1.165, 1.54) is 0 Å². The number of rotatable bonds is 8. The Morgan fingerprint density at radius 3 is 2.55 bits per heavy atom. The number of carbonyl (C=O) groups excluding carboxylic acids is 2. The molecule has 3 rings (SSSR count). The molecule has 0 aliphatic carbocycles. The summed E-state index contributed by atoms with van der Waals surface area (Å²) in [5.74, 6) is -1.99. The molecule has 10 heteroatoms. The van der Waals surface area contributed by atoms with Crippen LogP contribution < -0.4 is 16.4 Å². The summed E-state index contributed by atoms with van der Waals surface area (Å²) in [6.07, 6.45) is 1.98. The van der Waals surface area contributed by atoms with Gasteiger partial charge in [-0.15, -0.1) is 0 Å². The van der Waals surface area contributed by atoms with Crippen LogP contribution in [0.15, 0.2) is 42.5 Å². The highest BCUT2D eigenvalue weighted by molar-refractivity contribution is 6.31. The van der Waals surface area contributed by atoms with Crippen LogP contribution >= 0.6 is 11.6 Å². The molecular weight excluding hydrogens is 446 g/mol. The first kappa shape index (κ1) is 24.1. The number of amides is 2. The number of nitrogen functional groups attached to an aromatic ring is 1. The van der Waals surface area contributed by atoms with Crippen molar-refractivity contribution in [3.05, 3.63) is 58.6 Å². The largest absolute Gasteiger partial charge is 0.481 e. The van der Waals surface area contributed by atoms with E-state index in [4.69, 9.17) is 27.9 Å². The smallest absolute Gasteiger partial charge is 0.312 e. The Morgan fingerprint density at radius 2 is 1.88 bits per heavy atom. The Hall–Kier alpha value is -3.59. The number of hydrogen-bond acceptors (Lipinski definition) is 5. The summed E-state index contributed by atoms with van der Waals surface area (Å²) >= 11 is 6.13. The molecule has 1 fully saturated rings. The van der Waals surface area contributed by atoms with Crippen molar-refractivity contribution >= 4 is 46.6 Å². The molecule has 0 radical (unpaired) electrons. The maximum absolute atomic E-state index is 12.9. The Kier molecular flexibility index (Phi) is 7.89. The van der Waals surface area contributed by atoms with Gasteiger partial charge in [-0.2, -0.15) is 0 Å². The molecule has 1 unspecified atom stereocenters. The summed E-state index contributed by atoms with van der Waals surface area (Å²) in [7, 11) is 0. The number of amidine groups is 1. The van der Waals surface area contributed by atoms with E-state index >= 15 is 0 Å². The summed E-state index contributed by atoms with van der Waals surface area (Å²) in [6, 6.07) is 11.3. The molecule has 1 heterocycles. The number of carboxylic acid groups (broad SMARTS) is 1. The molecule has 0 bridgehead atoms. The molecule has 9 nitrogen and oxygen atoms in total. The predicted octanol–water partition coefficient (Wildman–Crippen LogP) is 3.14. The second-order valence-corrected chi connectivity index (χ2v) is 8.26. The molecule has 0 saturated carbocycles. The highest BCUT2D eigenvalue weighted by Gasteiger charge is 2.28. The van der Waals surface area contributed by atoms with E-state index in [-0.39, 0.29) is 17.8 Å². The van der Waals surface area contributed by atoms with Crippen molar-refractivity contribution in [2.24, 2.45) is 5.73 Å². The Balaban J connectivity index is 1.72. The normalized spacial score (nSPS) is 15.5. The summed E-state index contributed by atoms with van der Waals surface area (Å²) in [6.45, 7) is 0.892. The zero-order valence-electron chi connectivity index (χ0n) is 17.9. The van der Waals surface area contributed by atoms with Crippen LogP contribution in [-0.2, 0) is 9.59 Å². The van der Waals surface area contributed by atoms with Gasteiger partial charge in [-0.25, -0.2) is 0 Å². The van der Waals surface area contributed by atoms with Crippen LogP contribution in [0.1, 0.15) is 41.6 Å². The average Bonchev–Trinajstić information content (AvgIpc) is 2.78. The third-order valence-corrected chi connectivity index (χ3v) is 5.69. The Labute approximate surface area is 196 Å². The minimum Gasteiger partial charge on any atom is -0.481 e. The second kappa shape index (κ2) is 10.8. The van der Waals surface area contributed by atoms with Gasteiger partial charge in [-0.3, -0.25) is 19.8 Å². The van der Waals surface area contributed by atoms with Crippen molar-refractivity contribution in [3.8, 4) is 0 Å². The maximum atomic E-state index is 12.9. The number of anilines is 2. The first-order valence-corrected chi connectivity index (χ1v) is 10.9. The van der Waals surface area contributed by atoms with Gasteiger partial charge in [0.15, 0.2) is 0 Å². The number of carboxylic acids is 1. The van der Waals surface area contributed by atoms with Gasteiger partial charge in [0.2, 0.25) is 5.91 Å². The first-order valence-electron chi connectivity index (χ1n) is 10.5. The molecule has 0 aromatic heterocycles. The monoisotopic (exact) mass is 471 g/mol. The second-order valence-electron chi connectivity index (χ2n) is 7.82. The third kappa shape index (κ3) is 6.45. The summed E-state index contributed by atoms with van der Waals surface area (Å²) < 4.78 is 0. The minimum absolute atomic E-state index is 0.0622. The fraction of sp³-hybridized carbons (Fsp3) is 0.304.